The molecule has 2 N–H and O–H groups in total. The number of rotatable bonds is 7. The molecular formula is C32H27N3O3. The van der Waals surface area contributed by atoms with Gasteiger partial charge < -0.3 is 9.72 Å². The number of esters is 1. The molecule has 0 saturated carbocycles. The Balaban J connectivity index is 1.41. The first-order valence-electron chi connectivity index (χ1n) is 12.5. The lowest BCUT2D eigenvalue weighted by molar-refractivity contribution is 0.0734. The van der Waals surface area contributed by atoms with Gasteiger partial charge in [-0.15, -0.1) is 0 Å². The molecular weight excluding hydrogens is 474 g/mol. The number of fused-ring (bicyclic) bond motifs is 1. The van der Waals surface area contributed by atoms with E-state index in [4.69, 9.17) is 4.74 Å². The molecule has 0 fully saturated rings. The second-order valence-electron chi connectivity index (χ2n) is 8.93. The normalized spacial score (nSPS) is 11.1. The van der Waals surface area contributed by atoms with E-state index in [0.717, 1.165) is 39.6 Å². The minimum absolute atomic E-state index is 0.347. The summed E-state index contributed by atoms with van der Waals surface area (Å²) in [5, 5.41) is 5.17. The molecule has 1 aromatic heterocycles. The van der Waals surface area contributed by atoms with Crippen LogP contribution in [0.1, 0.15) is 44.5 Å². The van der Waals surface area contributed by atoms with Crippen LogP contribution in [0, 0.1) is 6.92 Å². The van der Waals surface area contributed by atoms with Crippen molar-refractivity contribution in [3.63, 3.8) is 0 Å². The van der Waals surface area contributed by atoms with Gasteiger partial charge >= 0.3 is 5.97 Å². The highest BCUT2D eigenvalue weighted by molar-refractivity contribution is 6.10. The summed E-state index contributed by atoms with van der Waals surface area (Å²) >= 11 is 0. The summed E-state index contributed by atoms with van der Waals surface area (Å²) in [7, 11) is 0. The summed E-state index contributed by atoms with van der Waals surface area (Å²) in [4.78, 5) is 29.3. The Morgan fingerprint density at radius 2 is 1.68 bits per heavy atom. The second-order valence-corrected chi connectivity index (χ2v) is 8.93. The monoisotopic (exact) mass is 501 g/mol. The molecule has 1 heterocycles. The number of aryl methyl sites for hydroxylation is 2. The van der Waals surface area contributed by atoms with E-state index in [1.807, 2.05) is 67.6 Å². The predicted octanol–water partition coefficient (Wildman–Crippen LogP) is 6.69. The minimum atomic E-state index is -0.462. The third-order valence-corrected chi connectivity index (χ3v) is 6.34. The van der Waals surface area contributed by atoms with E-state index < -0.39 is 5.97 Å². The van der Waals surface area contributed by atoms with Crippen molar-refractivity contribution >= 4 is 29.0 Å². The average Bonchev–Trinajstić information content (AvgIpc) is 3.34. The molecule has 0 atom stereocenters. The standard InChI is InChI=1S/C32H27N3O3/c1-3-22-15-10-17-26-28(23-12-5-4-6-13-23)30(34-29(22)26)31(36)35-33-20-25-14-7-8-18-27(25)38-32(37)24-16-9-11-21(2)19-24/h4-20,34H,3H2,1-2H3,(H,35,36). The highest BCUT2D eigenvalue weighted by Crippen LogP contribution is 2.34. The molecule has 5 aromatic rings. The van der Waals surface area contributed by atoms with E-state index in [0.29, 0.717) is 22.6 Å². The van der Waals surface area contributed by atoms with Crippen LogP contribution in [-0.4, -0.2) is 23.1 Å². The third kappa shape index (κ3) is 5.11. The Morgan fingerprint density at radius 3 is 2.47 bits per heavy atom. The quantitative estimate of drug-likeness (QED) is 0.113. The van der Waals surface area contributed by atoms with Crippen molar-refractivity contribution in [2.45, 2.75) is 20.3 Å². The number of hydrazone groups is 1. The van der Waals surface area contributed by atoms with Crippen molar-refractivity contribution < 1.29 is 14.3 Å². The Labute approximate surface area is 221 Å². The molecule has 0 aliphatic heterocycles. The van der Waals surface area contributed by atoms with E-state index in [9.17, 15) is 9.59 Å². The maximum atomic E-state index is 13.3. The maximum absolute atomic E-state index is 13.3. The van der Waals surface area contributed by atoms with E-state index in [2.05, 4.69) is 28.5 Å². The number of hydrogen-bond donors (Lipinski definition) is 2. The van der Waals surface area contributed by atoms with E-state index in [1.54, 1.807) is 30.3 Å². The van der Waals surface area contributed by atoms with Crippen LogP contribution in [-0.2, 0) is 6.42 Å². The highest BCUT2D eigenvalue weighted by atomic mass is 16.5. The van der Waals surface area contributed by atoms with Crippen molar-refractivity contribution in [2.24, 2.45) is 5.10 Å². The molecule has 38 heavy (non-hydrogen) atoms. The number of ether oxygens (including phenoxy) is 1. The van der Waals surface area contributed by atoms with Crippen LogP contribution >= 0.6 is 0 Å². The molecule has 0 aliphatic carbocycles. The maximum Gasteiger partial charge on any atom is 0.343 e. The van der Waals surface area contributed by atoms with E-state index in [-0.39, 0.29) is 5.91 Å². The number of carbonyl (C=O) groups is 2. The van der Waals surface area contributed by atoms with Gasteiger partial charge in [-0.05, 0) is 48.7 Å². The van der Waals surface area contributed by atoms with Crippen LogP contribution in [0.3, 0.4) is 0 Å². The van der Waals surface area contributed by atoms with Gasteiger partial charge in [0.15, 0.2) is 0 Å². The summed E-state index contributed by atoms with van der Waals surface area (Å²) in [6.45, 7) is 4.00. The molecule has 0 bridgehead atoms. The fourth-order valence-electron chi connectivity index (χ4n) is 4.48. The number of benzene rings is 4. The van der Waals surface area contributed by atoms with Crippen LogP contribution in [0.15, 0.2) is 102 Å². The molecule has 1 amide bonds. The molecule has 6 heteroatoms. The zero-order chi connectivity index (χ0) is 26.5. The molecule has 0 saturated heterocycles. The number of nitrogens with zero attached hydrogens (tertiary/aromatic N) is 1. The van der Waals surface area contributed by atoms with E-state index in [1.165, 1.54) is 6.21 Å². The third-order valence-electron chi connectivity index (χ3n) is 6.34. The van der Waals surface area contributed by atoms with Crippen molar-refractivity contribution in [1.82, 2.24) is 10.4 Å². The molecule has 0 aliphatic rings. The predicted molar refractivity (Wildman–Crippen MR) is 151 cm³/mol. The van der Waals surface area contributed by atoms with E-state index >= 15 is 0 Å². The SMILES string of the molecule is CCc1cccc2c(-c3ccccc3)c(C(=O)NN=Cc3ccccc3OC(=O)c3cccc(C)c3)[nH]c12. The van der Waals surface area contributed by atoms with Crippen LogP contribution in [0.4, 0.5) is 0 Å². The fourth-order valence-corrected chi connectivity index (χ4v) is 4.48. The van der Waals surface area contributed by atoms with Gasteiger partial charge in [-0.1, -0.05) is 85.3 Å². The molecule has 0 radical (unpaired) electrons. The number of amides is 1. The van der Waals surface area contributed by atoms with Crippen molar-refractivity contribution in [2.75, 3.05) is 0 Å². The Kier molecular flexibility index (Phi) is 7.13. The van der Waals surface area contributed by atoms with Gasteiger partial charge in [-0.25, -0.2) is 10.2 Å². The molecule has 5 rings (SSSR count). The summed E-state index contributed by atoms with van der Waals surface area (Å²) in [6, 6.07) is 30.2. The topological polar surface area (TPSA) is 83.5 Å². The van der Waals surface area contributed by atoms with Crippen LogP contribution in [0.5, 0.6) is 5.75 Å². The first-order chi connectivity index (χ1) is 18.5. The average molecular weight is 502 g/mol. The number of carbonyl (C=O) groups excluding carboxylic acids is 2. The molecule has 188 valence electrons. The lowest BCUT2D eigenvalue weighted by Gasteiger charge is -2.08. The second kappa shape index (κ2) is 11.0. The van der Waals surface area contributed by atoms with Gasteiger partial charge in [0.2, 0.25) is 0 Å². The van der Waals surface area contributed by atoms with Crippen molar-refractivity contribution in [1.29, 1.82) is 0 Å². The first kappa shape index (κ1) is 24.7. The lowest BCUT2D eigenvalue weighted by Crippen LogP contribution is -2.19. The highest BCUT2D eigenvalue weighted by Gasteiger charge is 2.20. The first-order valence-corrected chi connectivity index (χ1v) is 12.5. The number of H-pyrrole nitrogens is 1. The number of nitrogens with one attached hydrogen (secondary N) is 2. The summed E-state index contributed by atoms with van der Waals surface area (Å²) in [6.07, 6.45) is 2.31. The van der Waals surface area contributed by atoms with Gasteiger partial charge in [0.05, 0.1) is 11.8 Å². The number of hydrogen-bond acceptors (Lipinski definition) is 4. The van der Waals surface area contributed by atoms with Gasteiger partial charge in [0.1, 0.15) is 11.4 Å². The Morgan fingerprint density at radius 1 is 0.921 bits per heavy atom. The van der Waals surface area contributed by atoms with Crippen LogP contribution in [0.25, 0.3) is 22.0 Å². The minimum Gasteiger partial charge on any atom is -0.422 e. The summed E-state index contributed by atoms with van der Waals surface area (Å²) in [5.41, 5.74) is 8.90. The zero-order valence-corrected chi connectivity index (χ0v) is 21.2. The Hall–Kier alpha value is -4.97. The molecule has 0 spiro atoms. The lowest BCUT2D eigenvalue weighted by atomic mass is 10.00. The number of aromatic amines is 1. The van der Waals surface area contributed by atoms with Gasteiger partial charge in [0.25, 0.3) is 5.91 Å². The zero-order valence-electron chi connectivity index (χ0n) is 21.2. The summed E-state index contributed by atoms with van der Waals surface area (Å²) < 4.78 is 5.62. The molecule has 0 unspecified atom stereocenters. The van der Waals surface area contributed by atoms with Crippen molar-refractivity contribution in [3.05, 3.63) is 125 Å². The summed E-state index contributed by atoms with van der Waals surface area (Å²) in [5.74, 6) is -0.483. The van der Waals surface area contributed by atoms with Crippen molar-refractivity contribution in [3.8, 4) is 16.9 Å². The van der Waals surface area contributed by atoms with Crippen LogP contribution < -0.4 is 10.2 Å². The molecule has 4 aromatic carbocycles. The van der Waals surface area contributed by atoms with Gasteiger partial charge in [0, 0.05) is 22.0 Å². The van der Waals surface area contributed by atoms with Gasteiger partial charge in [-0.3, -0.25) is 4.79 Å². The molecule has 6 nitrogen and oxygen atoms in total. The number of aromatic nitrogens is 1. The largest absolute Gasteiger partial charge is 0.422 e. The smallest absolute Gasteiger partial charge is 0.343 e. The number of para-hydroxylation sites is 2. The van der Waals surface area contributed by atoms with Crippen LogP contribution in [0.2, 0.25) is 0 Å². The van der Waals surface area contributed by atoms with Gasteiger partial charge in [-0.2, -0.15) is 5.10 Å². The Bertz CT molecular complexity index is 1650. The fraction of sp³-hybridized carbons (Fsp3) is 0.0938.